The van der Waals surface area contributed by atoms with Crippen molar-refractivity contribution in [1.82, 2.24) is 9.62 Å². The van der Waals surface area contributed by atoms with Crippen LogP contribution in [0.25, 0.3) is 0 Å². The van der Waals surface area contributed by atoms with Crippen LogP contribution in [0.4, 0.5) is 0 Å². The van der Waals surface area contributed by atoms with Gasteiger partial charge in [-0.3, -0.25) is 0 Å². The Morgan fingerprint density at radius 2 is 1.76 bits per heavy atom. The Bertz CT molecular complexity index is 535. The van der Waals surface area contributed by atoms with Crippen LogP contribution in [0, 0.1) is 0 Å². The minimum atomic E-state index is -3.03. The summed E-state index contributed by atoms with van der Waals surface area (Å²) < 4.78 is 29.6. The van der Waals surface area contributed by atoms with E-state index in [1.807, 2.05) is 0 Å². The van der Waals surface area contributed by atoms with Gasteiger partial charge in [0.1, 0.15) is 0 Å². The molecule has 0 unspecified atom stereocenters. The quantitative estimate of drug-likeness (QED) is 0.861. The highest BCUT2D eigenvalue weighted by molar-refractivity contribution is 7.88. The Morgan fingerprint density at radius 1 is 1.19 bits per heavy atom. The number of hydrogen-bond acceptors (Lipinski definition) is 4. The smallest absolute Gasteiger partial charge is 0.211 e. The van der Waals surface area contributed by atoms with Crippen LogP contribution in [0.1, 0.15) is 24.0 Å². The zero-order valence-corrected chi connectivity index (χ0v) is 13.5. The maximum Gasteiger partial charge on any atom is 0.211 e. The third-order valence-electron chi connectivity index (χ3n) is 3.85. The molecule has 1 heterocycles. The summed E-state index contributed by atoms with van der Waals surface area (Å²) >= 11 is 0. The third kappa shape index (κ3) is 5.07. The van der Waals surface area contributed by atoms with Gasteiger partial charge in [-0.25, -0.2) is 12.7 Å². The van der Waals surface area contributed by atoms with Gasteiger partial charge in [0.05, 0.1) is 12.9 Å². The molecule has 0 bridgehead atoms. The van der Waals surface area contributed by atoms with Gasteiger partial charge in [-0.1, -0.05) is 24.3 Å². The predicted molar refractivity (Wildman–Crippen MR) is 83.4 cm³/mol. The van der Waals surface area contributed by atoms with E-state index >= 15 is 0 Å². The van der Waals surface area contributed by atoms with Gasteiger partial charge < -0.3 is 10.1 Å². The van der Waals surface area contributed by atoms with Crippen LogP contribution in [0.15, 0.2) is 24.3 Å². The lowest BCUT2D eigenvalue weighted by Gasteiger charge is -2.30. The van der Waals surface area contributed by atoms with Crippen LogP contribution in [0.3, 0.4) is 0 Å². The number of nitrogens with zero attached hydrogens (tertiary/aromatic N) is 1. The molecule has 0 radical (unpaired) electrons. The van der Waals surface area contributed by atoms with Crippen molar-refractivity contribution >= 4 is 10.0 Å². The molecular formula is C15H24N2O3S. The molecule has 1 N–H and O–H groups in total. The Hall–Kier alpha value is -0.950. The minimum absolute atomic E-state index is 0.390. The molecule has 0 spiro atoms. The summed E-state index contributed by atoms with van der Waals surface area (Å²) in [5, 5.41) is 3.51. The first-order valence-electron chi connectivity index (χ1n) is 7.24. The molecule has 0 aliphatic carbocycles. The van der Waals surface area contributed by atoms with Gasteiger partial charge in [0.2, 0.25) is 10.0 Å². The highest BCUT2D eigenvalue weighted by Crippen LogP contribution is 2.14. The van der Waals surface area contributed by atoms with E-state index in [9.17, 15) is 8.42 Å². The maximum atomic E-state index is 11.5. The topological polar surface area (TPSA) is 58.6 Å². The standard InChI is InChI=1S/C15H24N2O3S/c1-20-12-14-5-3-13(4-6-14)11-16-15-7-9-17(10-8-15)21(2,18)19/h3-6,15-16H,7-12H2,1-2H3. The highest BCUT2D eigenvalue weighted by Gasteiger charge is 2.24. The molecular weight excluding hydrogens is 288 g/mol. The zero-order valence-electron chi connectivity index (χ0n) is 12.7. The summed E-state index contributed by atoms with van der Waals surface area (Å²) in [6, 6.07) is 8.75. The number of rotatable bonds is 6. The largest absolute Gasteiger partial charge is 0.380 e. The molecule has 1 aromatic rings. The normalized spacial score (nSPS) is 18.0. The molecule has 1 aromatic carbocycles. The molecule has 118 valence electrons. The molecule has 6 heteroatoms. The summed E-state index contributed by atoms with van der Waals surface area (Å²) in [6.07, 6.45) is 3.02. The van der Waals surface area contributed by atoms with Crippen LogP contribution in [-0.2, 0) is 27.9 Å². The van der Waals surface area contributed by atoms with Crippen molar-refractivity contribution in [1.29, 1.82) is 0 Å². The lowest BCUT2D eigenvalue weighted by molar-refractivity contribution is 0.185. The lowest BCUT2D eigenvalue weighted by atomic mass is 10.1. The number of piperidine rings is 1. The van der Waals surface area contributed by atoms with Crippen molar-refractivity contribution in [3.63, 3.8) is 0 Å². The molecule has 0 saturated carbocycles. The van der Waals surface area contributed by atoms with Gasteiger partial charge in [-0.2, -0.15) is 0 Å². The Kier molecular flexibility index (Phi) is 5.75. The molecule has 1 saturated heterocycles. The fraction of sp³-hybridized carbons (Fsp3) is 0.600. The fourth-order valence-corrected chi connectivity index (χ4v) is 3.45. The van der Waals surface area contributed by atoms with Gasteiger partial charge in [0.15, 0.2) is 0 Å². The van der Waals surface area contributed by atoms with Crippen LogP contribution >= 0.6 is 0 Å². The van der Waals surface area contributed by atoms with Gasteiger partial charge in [0.25, 0.3) is 0 Å². The average Bonchev–Trinajstić information content (AvgIpc) is 2.46. The van der Waals surface area contributed by atoms with Crippen LogP contribution in [0.5, 0.6) is 0 Å². The summed E-state index contributed by atoms with van der Waals surface area (Å²) in [5.74, 6) is 0. The molecule has 2 rings (SSSR count). The highest BCUT2D eigenvalue weighted by atomic mass is 32.2. The average molecular weight is 312 g/mol. The lowest BCUT2D eigenvalue weighted by Crippen LogP contribution is -2.44. The number of hydrogen-bond donors (Lipinski definition) is 1. The first kappa shape index (κ1) is 16.4. The van der Waals surface area contributed by atoms with Crippen molar-refractivity contribution in [3.05, 3.63) is 35.4 Å². The Balaban J connectivity index is 1.77. The number of nitrogens with one attached hydrogen (secondary N) is 1. The monoisotopic (exact) mass is 312 g/mol. The summed E-state index contributed by atoms with van der Waals surface area (Å²) in [4.78, 5) is 0. The van der Waals surface area contributed by atoms with Gasteiger partial charge in [-0.05, 0) is 24.0 Å². The molecule has 21 heavy (non-hydrogen) atoms. The second-order valence-corrected chi connectivity index (χ2v) is 7.55. The summed E-state index contributed by atoms with van der Waals surface area (Å²) in [5.41, 5.74) is 2.41. The Morgan fingerprint density at radius 3 is 2.29 bits per heavy atom. The SMILES string of the molecule is COCc1ccc(CNC2CCN(S(C)(=O)=O)CC2)cc1. The first-order chi connectivity index (χ1) is 9.99. The van der Waals surface area contributed by atoms with E-state index in [1.54, 1.807) is 11.4 Å². The Labute approximate surface area is 127 Å². The van der Waals surface area contributed by atoms with Crippen molar-refractivity contribution in [2.75, 3.05) is 26.5 Å². The van der Waals surface area contributed by atoms with Crippen molar-refractivity contribution in [2.24, 2.45) is 0 Å². The number of benzene rings is 1. The maximum absolute atomic E-state index is 11.5. The summed E-state index contributed by atoms with van der Waals surface area (Å²) in [7, 11) is -1.34. The molecule has 5 nitrogen and oxygen atoms in total. The minimum Gasteiger partial charge on any atom is -0.380 e. The fourth-order valence-electron chi connectivity index (χ4n) is 2.57. The molecule has 0 amide bonds. The van der Waals surface area contributed by atoms with Crippen LogP contribution < -0.4 is 5.32 Å². The van der Waals surface area contributed by atoms with Crippen molar-refractivity contribution < 1.29 is 13.2 Å². The van der Waals surface area contributed by atoms with Crippen molar-refractivity contribution in [2.45, 2.75) is 32.0 Å². The number of methoxy groups -OCH3 is 1. The van der Waals surface area contributed by atoms with E-state index in [-0.39, 0.29) is 0 Å². The van der Waals surface area contributed by atoms with Gasteiger partial charge >= 0.3 is 0 Å². The van der Waals surface area contributed by atoms with Crippen LogP contribution in [0.2, 0.25) is 0 Å². The number of ether oxygens (including phenoxy) is 1. The van der Waals surface area contributed by atoms with E-state index in [2.05, 4.69) is 29.6 Å². The third-order valence-corrected chi connectivity index (χ3v) is 5.15. The van der Waals surface area contributed by atoms with E-state index in [4.69, 9.17) is 4.74 Å². The summed E-state index contributed by atoms with van der Waals surface area (Å²) in [6.45, 7) is 2.68. The van der Waals surface area contributed by atoms with E-state index in [1.165, 1.54) is 17.4 Å². The van der Waals surface area contributed by atoms with E-state index in [0.717, 1.165) is 19.4 Å². The van der Waals surface area contributed by atoms with Crippen LogP contribution in [-0.4, -0.2) is 45.2 Å². The van der Waals surface area contributed by atoms with Crippen molar-refractivity contribution in [3.8, 4) is 0 Å². The molecule has 0 atom stereocenters. The van der Waals surface area contributed by atoms with Gasteiger partial charge in [0, 0.05) is 32.8 Å². The van der Waals surface area contributed by atoms with E-state index < -0.39 is 10.0 Å². The predicted octanol–water partition coefficient (Wildman–Crippen LogP) is 1.35. The molecule has 1 fully saturated rings. The second kappa shape index (κ2) is 7.35. The number of sulfonamides is 1. The zero-order chi connectivity index (χ0) is 15.3. The van der Waals surface area contributed by atoms with Gasteiger partial charge in [-0.15, -0.1) is 0 Å². The molecule has 0 aromatic heterocycles. The molecule has 1 aliphatic rings. The molecule has 1 aliphatic heterocycles. The second-order valence-electron chi connectivity index (χ2n) is 5.57. The first-order valence-corrected chi connectivity index (χ1v) is 9.09. The van der Waals surface area contributed by atoms with E-state index in [0.29, 0.717) is 25.7 Å².